The van der Waals surface area contributed by atoms with Gasteiger partial charge in [0.15, 0.2) is 0 Å². The monoisotopic (exact) mass is 275 g/mol. The Labute approximate surface area is 106 Å². The molecule has 0 aliphatic carbocycles. The molecule has 2 rings (SSSR count). The van der Waals surface area contributed by atoms with Gasteiger partial charge in [-0.15, -0.1) is 0 Å². The fourth-order valence-corrected chi connectivity index (χ4v) is 1.77. The van der Waals surface area contributed by atoms with Crippen LogP contribution in [0.2, 0.25) is 5.02 Å². The van der Waals surface area contributed by atoms with Gasteiger partial charge in [-0.25, -0.2) is 4.98 Å². The minimum absolute atomic E-state index is 0.220. The van der Waals surface area contributed by atoms with Crippen molar-refractivity contribution < 1.29 is 13.2 Å². The Morgan fingerprint density at radius 1 is 1.33 bits per heavy atom. The third-order valence-corrected chi connectivity index (χ3v) is 2.72. The molecule has 3 nitrogen and oxygen atoms in total. The number of rotatable bonds is 2. The van der Waals surface area contributed by atoms with E-state index in [1.165, 1.54) is 23.0 Å². The number of hydrogen-bond donors (Lipinski definition) is 1. The molecule has 0 atom stereocenters. The maximum Gasteiger partial charge on any atom is 0.416 e. The zero-order valence-corrected chi connectivity index (χ0v) is 10.0. The molecule has 0 unspecified atom stereocenters. The minimum atomic E-state index is -4.40. The Morgan fingerprint density at radius 2 is 2.06 bits per heavy atom. The number of alkyl halides is 3. The molecule has 1 aromatic carbocycles. The summed E-state index contributed by atoms with van der Waals surface area (Å²) in [7, 11) is 1.63. The van der Waals surface area contributed by atoms with Gasteiger partial charge in [-0.05, 0) is 18.2 Å². The van der Waals surface area contributed by atoms with Gasteiger partial charge in [-0.3, -0.25) is 4.57 Å². The van der Waals surface area contributed by atoms with Gasteiger partial charge in [0.25, 0.3) is 0 Å². The van der Waals surface area contributed by atoms with Gasteiger partial charge >= 0.3 is 6.18 Å². The maximum absolute atomic E-state index is 12.6. The quantitative estimate of drug-likeness (QED) is 0.908. The Bertz CT molecular complexity index is 563. The van der Waals surface area contributed by atoms with E-state index in [2.05, 4.69) is 10.3 Å². The first kappa shape index (κ1) is 12.8. The van der Waals surface area contributed by atoms with Crippen molar-refractivity contribution in [1.29, 1.82) is 0 Å². The number of nitrogens with one attached hydrogen (secondary N) is 1. The molecule has 1 aromatic heterocycles. The summed E-state index contributed by atoms with van der Waals surface area (Å²) in [6.45, 7) is 0. The average molecular weight is 276 g/mol. The van der Waals surface area contributed by atoms with Gasteiger partial charge in [-0.1, -0.05) is 11.6 Å². The van der Waals surface area contributed by atoms with Crippen LogP contribution in [0, 0.1) is 0 Å². The van der Waals surface area contributed by atoms with Gasteiger partial charge in [0, 0.05) is 19.4 Å². The van der Waals surface area contributed by atoms with Crippen molar-refractivity contribution in [2.75, 3.05) is 12.4 Å². The third-order valence-electron chi connectivity index (χ3n) is 2.40. The highest BCUT2D eigenvalue weighted by Gasteiger charge is 2.31. The fourth-order valence-electron chi connectivity index (χ4n) is 1.56. The summed E-state index contributed by atoms with van der Waals surface area (Å²) in [6.07, 6.45) is -1.39. The van der Waals surface area contributed by atoms with E-state index in [1.54, 1.807) is 7.05 Å². The molecule has 7 heteroatoms. The topological polar surface area (TPSA) is 29.9 Å². The zero-order valence-electron chi connectivity index (χ0n) is 9.29. The summed E-state index contributed by atoms with van der Waals surface area (Å²) in [5, 5.41) is 2.99. The summed E-state index contributed by atoms with van der Waals surface area (Å²) in [5.74, 6) is 0.413. The van der Waals surface area contributed by atoms with Crippen molar-refractivity contribution in [3.63, 3.8) is 0 Å². The van der Waals surface area contributed by atoms with Crippen LogP contribution >= 0.6 is 11.6 Å². The highest BCUT2D eigenvalue weighted by atomic mass is 35.5. The van der Waals surface area contributed by atoms with E-state index < -0.39 is 11.7 Å². The van der Waals surface area contributed by atoms with Crippen molar-refractivity contribution in [2.45, 2.75) is 6.18 Å². The minimum Gasteiger partial charge on any atom is -0.358 e. The lowest BCUT2D eigenvalue weighted by Crippen LogP contribution is -2.07. The van der Waals surface area contributed by atoms with Crippen LogP contribution in [0.15, 0.2) is 30.6 Å². The highest BCUT2D eigenvalue weighted by molar-refractivity contribution is 6.32. The number of imidazole rings is 1. The molecular formula is C11H9ClF3N3. The fraction of sp³-hybridized carbons (Fsp3) is 0.182. The van der Waals surface area contributed by atoms with Gasteiger partial charge < -0.3 is 5.32 Å². The molecule has 0 saturated carbocycles. The maximum atomic E-state index is 12.6. The van der Waals surface area contributed by atoms with Crippen LogP contribution < -0.4 is 5.32 Å². The summed E-state index contributed by atoms with van der Waals surface area (Å²) in [6, 6.07) is 3.16. The lowest BCUT2D eigenvalue weighted by atomic mass is 10.2. The number of anilines is 1. The molecule has 0 spiro atoms. The molecule has 1 N–H and O–H groups in total. The molecule has 0 radical (unpaired) electrons. The average Bonchev–Trinajstić information content (AvgIpc) is 2.76. The van der Waals surface area contributed by atoms with E-state index in [1.807, 2.05) is 0 Å². The third kappa shape index (κ3) is 2.28. The Balaban J connectivity index is 2.57. The van der Waals surface area contributed by atoms with Gasteiger partial charge in [-0.2, -0.15) is 13.2 Å². The second kappa shape index (κ2) is 4.53. The van der Waals surface area contributed by atoms with Crippen molar-refractivity contribution in [3.05, 3.63) is 41.2 Å². The van der Waals surface area contributed by atoms with Crippen LogP contribution in [0.4, 0.5) is 19.1 Å². The Hall–Kier alpha value is -1.69. The first-order chi connectivity index (χ1) is 8.43. The Kier molecular flexibility index (Phi) is 3.21. The first-order valence-electron chi connectivity index (χ1n) is 5.01. The van der Waals surface area contributed by atoms with E-state index in [0.717, 1.165) is 12.1 Å². The molecule has 1 heterocycles. The zero-order chi connectivity index (χ0) is 13.3. The van der Waals surface area contributed by atoms with E-state index in [0.29, 0.717) is 5.95 Å². The van der Waals surface area contributed by atoms with Crippen LogP contribution in [0.1, 0.15) is 5.56 Å². The van der Waals surface area contributed by atoms with E-state index >= 15 is 0 Å². The lowest BCUT2D eigenvalue weighted by molar-refractivity contribution is -0.137. The van der Waals surface area contributed by atoms with E-state index in [-0.39, 0.29) is 10.7 Å². The number of nitrogens with zero attached hydrogens (tertiary/aromatic N) is 2. The smallest absolute Gasteiger partial charge is 0.358 e. The summed E-state index contributed by atoms with van der Waals surface area (Å²) >= 11 is 5.92. The predicted molar refractivity (Wildman–Crippen MR) is 63.1 cm³/mol. The number of benzene rings is 1. The second-order valence-corrected chi connectivity index (χ2v) is 3.94. The van der Waals surface area contributed by atoms with Gasteiger partial charge in [0.05, 0.1) is 16.3 Å². The van der Waals surface area contributed by atoms with Crippen molar-refractivity contribution in [3.8, 4) is 5.69 Å². The molecule has 0 fully saturated rings. The molecule has 0 aliphatic heterocycles. The normalized spacial score (nSPS) is 11.6. The largest absolute Gasteiger partial charge is 0.416 e. The van der Waals surface area contributed by atoms with E-state index in [4.69, 9.17) is 11.6 Å². The lowest BCUT2D eigenvalue weighted by Gasteiger charge is -2.12. The number of hydrogen-bond acceptors (Lipinski definition) is 2. The molecule has 2 aromatic rings. The second-order valence-electron chi connectivity index (χ2n) is 3.53. The summed E-state index contributed by atoms with van der Waals surface area (Å²) in [4.78, 5) is 3.96. The van der Waals surface area contributed by atoms with Gasteiger partial charge in [0.1, 0.15) is 0 Å². The SMILES string of the molecule is CNc1nccn1-c1cc(C(F)(F)F)ccc1Cl. The van der Waals surface area contributed by atoms with Crippen LogP contribution in [-0.2, 0) is 6.18 Å². The molecular weight excluding hydrogens is 267 g/mol. The molecule has 0 amide bonds. The van der Waals surface area contributed by atoms with Crippen LogP contribution in [-0.4, -0.2) is 16.6 Å². The first-order valence-corrected chi connectivity index (χ1v) is 5.39. The number of aromatic nitrogens is 2. The van der Waals surface area contributed by atoms with Crippen LogP contribution in [0.3, 0.4) is 0 Å². The van der Waals surface area contributed by atoms with E-state index in [9.17, 15) is 13.2 Å². The number of halogens is 4. The molecule has 0 bridgehead atoms. The molecule has 0 aliphatic rings. The summed E-state index contributed by atoms with van der Waals surface area (Å²) < 4.78 is 39.4. The van der Waals surface area contributed by atoms with Crippen molar-refractivity contribution in [2.24, 2.45) is 0 Å². The molecule has 96 valence electrons. The Morgan fingerprint density at radius 3 is 2.67 bits per heavy atom. The molecule has 0 saturated heterocycles. The standard InChI is InChI=1S/C11H9ClF3N3/c1-16-10-17-4-5-18(10)9-6-7(11(13,14)15)2-3-8(9)12/h2-6H,1H3,(H,16,17). The van der Waals surface area contributed by atoms with Crippen molar-refractivity contribution in [1.82, 2.24) is 9.55 Å². The van der Waals surface area contributed by atoms with Gasteiger partial charge in [0.2, 0.25) is 5.95 Å². The highest BCUT2D eigenvalue weighted by Crippen LogP contribution is 2.33. The van der Waals surface area contributed by atoms with Crippen molar-refractivity contribution >= 4 is 17.5 Å². The predicted octanol–water partition coefficient (Wildman–Crippen LogP) is 3.59. The molecule has 18 heavy (non-hydrogen) atoms. The van der Waals surface area contributed by atoms with Crippen LogP contribution in [0.5, 0.6) is 0 Å². The van der Waals surface area contributed by atoms with Crippen LogP contribution in [0.25, 0.3) is 5.69 Å². The summed E-state index contributed by atoms with van der Waals surface area (Å²) in [5.41, 5.74) is -0.522.